The van der Waals surface area contributed by atoms with Crippen LogP contribution in [0.3, 0.4) is 0 Å². The van der Waals surface area contributed by atoms with Crippen LogP contribution in [0.5, 0.6) is 0 Å². The van der Waals surface area contributed by atoms with Gasteiger partial charge in [0.15, 0.2) is 0 Å². The molecule has 0 radical (unpaired) electrons. The van der Waals surface area contributed by atoms with E-state index in [1.54, 1.807) is 12.5 Å². The lowest BCUT2D eigenvalue weighted by atomic mass is 10.1. The van der Waals surface area contributed by atoms with E-state index >= 15 is 0 Å². The van der Waals surface area contributed by atoms with E-state index in [4.69, 9.17) is 22.3 Å². The SMILES string of the molecule is CSCC[C@H](NC(=O)[C@H](CC(N)=O)NC(=O)[C@@H](NC(=O)[C@@H](N)CCCCN)[C@@H](C)O)C(=O)NCC(=O)N[C@@H](Cc1cnc[nH]1)C(=O)N[C@@H](CCSC)C(=O)N[C@@H](C)C(=O)NCC(=O)N[C@@H](C)C(=O)N[C@@H](C)C(=O)O. The zero-order chi connectivity index (χ0) is 56.1. The van der Waals surface area contributed by atoms with Gasteiger partial charge < -0.3 is 85.6 Å². The van der Waals surface area contributed by atoms with Crippen LogP contribution in [0.15, 0.2) is 12.5 Å². The molecule has 1 rings (SSSR count). The fourth-order valence-electron chi connectivity index (χ4n) is 6.35. The quantitative estimate of drug-likeness (QED) is 0.0278. The number of hydrogen-bond acceptors (Lipinski definition) is 18. The largest absolute Gasteiger partial charge is 0.480 e. The standard InChI is InChI=1S/C43H73N15O14S2/c1-21(35(63)48-18-32(61)51-22(2)36(64)53-23(3)43(71)72)52-39(67)28(11-14-74-6)56-40(68)29(15-25-17-47-20-50-25)54-33(62)19-49-38(66)27(10-13-73-5)55-41(69)30(16-31(46)60)57-42(70)34(24(4)59)58-37(65)26(45)9-7-8-12-44/h17,20-24,26-30,34,59H,7-16,18-19,44-45H2,1-6H3,(H2,46,60)(H,47,50)(H,48,63)(H,49,66)(H,51,61)(H,52,67)(H,53,64)(H,54,62)(H,55,69)(H,56,68)(H,57,70)(H,58,65)(H,71,72)/t21-,22-,23-,24+,26-,27-,28-,29-,30-,34-/m0/s1. The van der Waals surface area contributed by atoms with Crippen molar-refractivity contribution in [3.05, 3.63) is 18.2 Å². The number of rotatable bonds is 36. The van der Waals surface area contributed by atoms with Gasteiger partial charge in [0.05, 0.1) is 38.0 Å². The number of aliphatic hydroxyl groups excluding tert-OH is 1. The summed E-state index contributed by atoms with van der Waals surface area (Å²) in [6, 6.07) is -12.0. The molecule has 1 aromatic rings. The second-order valence-electron chi connectivity index (χ2n) is 17.0. The number of thioether (sulfide) groups is 2. The number of carbonyl (C=O) groups excluding carboxylic acids is 11. The maximum Gasteiger partial charge on any atom is 0.325 e. The summed E-state index contributed by atoms with van der Waals surface area (Å²) in [5.41, 5.74) is 17.2. The Morgan fingerprint density at radius 2 is 1.12 bits per heavy atom. The molecule has 0 spiro atoms. The molecule has 0 saturated heterocycles. The van der Waals surface area contributed by atoms with Crippen LogP contribution in [0.2, 0.25) is 0 Å². The third-order valence-electron chi connectivity index (χ3n) is 10.6. The number of carboxylic acid groups (broad SMARTS) is 1. The Kier molecular flexibility index (Phi) is 30.8. The molecule has 0 aromatic carbocycles. The molecule has 74 heavy (non-hydrogen) atoms. The van der Waals surface area contributed by atoms with E-state index in [-0.39, 0.29) is 25.7 Å². The predicted octanol–water partition coefficient (Wildman–Crippen LogP) is -6.57. The summed E-state index contributed by atoms with van der Waals surface area (Å²) < 4.78 is 0. The number of hydrogen-bond donors (Lipinski definition) is 16. The molecular formula is C43H73N15O14S2. The van der Waals surface area contributed by atoms with Gasteiger partial charge in [0, 0.05) is 18.3 Å². The first-order chi connectivity index (χ1) is 34.8. The summed E-state index contributed by atoms with van der Waals surface area (Å²) in [6.45, 7) is 4.08. The summed E-state index contributed by atoms with van der Waals surface area (Å²) in [5, 5.41) is 43.2. The number of aliphatic carboxylic acids is 1. The van der Waals surface area contributed by atoms with Crippen LogP contribution in [-0.2, 0) is 64.0 Å². The van der Waals surface area contributed by atoms with Crippen molar-refractivity contribution in [3.8, 4) is 0 Å². The fraction of sp³-hybridized carbons (Fsp3) is 0.651. The third kappa shape index (κ3) is 25.4. The van der Waals surface area contributed by atoms with Gasteiger partial charge in [-0.2, -0.15) is 23.5 Å². The monoisotopic (exact) mass is 1090 g/mol. The van der Waals surface area contributed by atoms with Crippen LogP contribution in [0.25, 0.3) is 0 Å². The molecule has 416 valence electrons. The number of imidazole rings is 1. The molecule has 10 atom stereocenters. The van der Waals surface area contributed by atoms with Crippen molar-refractivity contribution in [1.82, 2.24) is 63.1 Å². The Balaban J connectivity index is 3.11. The lowest BCUT2D eigenvalue weighted by Crippen LogP contribution is -2.60. The normalized spacial score (nSPS) is 15.0. The van der Waals surface area contributed by atoms with Gasteiger partial charge in [-0.3, -0.25) is 57.5 Å². The van der Waals surface area contributed by atoms with Crippen molar-refractivity contribution in [2.75, 3.05) is 43.7 Å². The average molecular weight is 1090 g/mol. The second-order valence-corrected chi connectivity index (χ2v) is 18.9. The van der Waals surface area contributed by atoms with Crippen molar-refractivity contribution in [1.29, 1.82) is 0 Å². The zero-order valence-electron chi connectivity index (χ0n) is 42.2. The molecule has 1 heterocycles. The van der Waals surface area contributed by atoms with Crippen molar-refractivity contribution >= 4 is 94.5 Å². The Hall–Kier alpha value is -6.57. The van der Waals surface area contributed by atoms with E-state index in [1.165, 1.54) is 63.7 Å². The van der Waals surface area contributed by atoms with Gasteiger partial charge in [0.25, 0.3) is 0 Å². The van der Waals surface area contributed by atoms with Gasteiger partial charge in [-0.25, -0.2) is 4.98 Å². The van der Waals surface area contributed by atoms with E-state index < -0.39 is 151 Å². The fourth-order valence-corrected chi connectivity index (χ4v) is 7.29. The van der Waals surface area contributed by atoms with Gasteiger partial charge >= 0.3 is 5.97 Å². The van der Waals surface area contributed by atoms with E-state index in [0.29, 0.717) is 36.6 Å². The number of nitrogens with zero attached hydrogens (tertiary/aromatic N) is 1. The number of nitrogens with one attached hydrogen (secondary N) is 11. The van der Waals surface area contributed by atoms with Gasteiger partial charge in [-0.15, -0.1) is 0 Å². The van der Waals surface area contributed by atoms with Crippen molar-refractivity contribution in [3.63, 3.8) is 0 Å². The minimum absolute atomic E-state index is 0.0116. The minimum Gasteiger partial charge on any atom is -0.480 e. The summed E-state index contributed by atoms with van der Waals surface area (Å²) in [6.07, 6.45) is 5.15. The van der Waals surface area contributed by atoms with Crippen molar-refractivity contribution in [2.24, 2.45) is 17.2 Å². The first-order valence-corrected chi connectivity index (χ1v) is 26.2. The van der Waals surface area contributed by atoms with E-state index in [2.05, 4.69) is 63.1 Å². The van der Waals surface area contributed by atoms with Crippen LogP contribution in [0.4, 0.5) is 0 Å². The minimum atomic E-state index is -1.69. The number of amides is 11. The van der Waals surface area contributed by atoms with Gasteiger partial charge in [0.2, 0.25) is 65.0 Å². The van der Waals surface area contributed by atoms with Crippen molar-refractivity contribution in [2.45, 2.75) is 133 Å². The van der Waals surface area contributed by atoms with E-state index in [9.17, 15) is 62.6 Å². The highest BCUT2D eigenvalue weighted by Gasteiger charge is 2.34. The molecule has 0 aliphatic carbocycles. The number of nitrogens with two attached hydrogens (primary N) is 3. The number of carboxylic acids is 1. The van der Waals surface area contributed by atoms with Gasteiger partial charge in [-0.1, -0.05) is 6.42 Å². The molecule has 0 unspecified atom stereocenters. The molecule has 0 aliphatic heterocycles. The zero-order valence-corrected chi connectivity index (χ0v) is 43.8. The van der Waals surface area contributed by atoms with Crippen LogP contribution in [0.1, 0.15) is 71.9 Å². The molecular weight excluding hydrogens is 1010 g/mol. The smallest absolute Gasteiger partial charge is 0.325 e. The highest BCUT2D eigenvalue weighted by Crippen LogP contribution is 2.08. The van der Waals surface area contributed by atoms with Crippen LogP contribution in [-0.4, -0.2) is 195 Å². The molecule has 0 saturated carbocycles. The molecule has 0 fully saturated rings. The summed E-state index contributed by atoms with van der Waals surface area (Å²) in [7, 11) is 0. The molecule has 0 bridgehead atoms. The Bertz CT molecular complexity index is 2070. The predicted molar refractivity (Wildman–Crippen MR) is 271 cm³/mol. The summed E-state index contributed by atoms with van der Waals surface area (Å²) >= 11 is 2.65. The average Bonchev–Trinajstić information content (AvgIpc) is 3.86. The molecule has 11 amide bonds. The lowest BCUT2D eigenvalue weighted by molar-refractivity contribution is -0.141. The maximum atomic E-state index is 13.8. The number of aromatic amines is 1. The first-order valence-electron chi connectivity index (χ1n) is 23.4. The number of carbonyl (C=O) groups is 12. The van der Waals surface area contributed by atoms with Crippen LogP contribution < -0.4 is 70.4 Å². The first kappa shape index (κ1) is 65.4. The van der Waals surface area contributed by atoms with Crippen LogP contribution in [0, 0.1) is 0 Å². The van der Waals surface area contributed by atoms with E-state index in [0.717, 1.165) is 0 Å². The highest BCUT2D eigenvalue weighted by atomic mass is 32.2. The third-order valence-corrected chi connectivity index (χ3v) is 11.9. The number of aliphatic hydroxyl groups is 1. The number of aromatic nitrogens is 2. The molecule has 29 nitrogen and oxygen atoms in total. The number of primary amides is 1. The van der Waals surface area contributed by atoms with Gasteiger partial charge in [0.1, 0.15) is 48.3 Å². The number of unbranched alkanes of at least 4 members (excludes halogenated alkanes) is 1. The molecule has 0 aliphatic rings. The van der Waals surface area contributed by atoms with Gasteiger partial charge in [-0.05, 0) is 83.9 Å². The molecule has 1 aromatic heterocycles. The highest BCUT2D eigenvalue weighted by molar-refractivity contribution is 7.98. The Morgan fingerprint density at radius 3 is 1.65 bits per heavy atom. The summed E-state index contributed by atoms with van der Waals surface area (Å²) in [4.78, 5) is 161. The molecule has 31 heteroatoms. The Labute approximate surface area is 436 Å². The number of H-pyrrole nitrogens is 1. The van der Waals surface area contributed by atoms with E-state index in [1.807, 2.05) is 0 Å². The van der Waals surface area contributed by atoms with Crippen molar-refractivity contribution < 1.29 is 67.7 Å². The topological polar surface area (TPSA) is 472 Å². The second kappa shape index (κ2) is 34.8. The maximum absolute atomic E-state index is 13.8. The lowest BCUT2D eigenvalue weighted by Gasteiger charge is -2.26. The molecule has 19 N–H and O–H groups in total. The Morgan fingerprint density at radius 1 is 0.608 bits per heavy atom. The summed E-state index contributed by atoms with van der Waals surface area (Å²) in [5.74, 6) is -10.3. The van der Waals surface area contributed by atoms with Crippen LogP contribution >= 0.6 is 23.5 Å².